The van der Waals surface area contributed by atoms with Crippen molar-refractivity contribution in [3.05, 3.63) is 18.0 Å². The van der Waals surface area contributed by atoms with Crippen LogP contribution in [0.1, 0.15) is 32.4 Å². The minimum absolute atomic E-state index is 0.116. The third kappa shape index (κ3) is 4.46. The molecule has 1 heterocycles. The zero-order valence-corrected chi connectivity index (χ0v) is 11.0. The van der Waals surface area contributed by atoms with Crippen molar-refractivity contribution in [3.63, 3.8) is 0 Å². The van der Waals surface area contributed by atoms with E-state index in [1.807, 2.05) is 26.2 Å². The van der Waals surface area contributed by atoms with E-state index >= 15 is 0 Å². The van der Waals surface area contributed by atoms with E-state index in [0.29, 0.717) is 6.61 Å². The number of rotatable bonds is 8. The topological polar surface area (TPSA) is 65.1 Å². The smallest absolute Gasteiger partial charge is 0.0745 e. The van der Waals surface area contributed by atoms with Crippen LogP contribution in [0.3, 0.4) is 0 Å². The van der Waals surface area contributed by atoms with Gasteiger partial charge in [0, 0.05) is 26.3 Å². The molecular formula is C12H24N4O. The van der Waals surface area contributed by atoms with Crippen LogP contribution in [0.5, 0.6) is 0 Å². The number of aryl methyl sites for hydroxylation is 1. The quantitative estimate of drug-likeness (QED) is 0.525. The maximum absolute atomic E-state index is 5.74. The monoisotopic (exact) mass is 240 g/mol. The molecule has 0 aliphatic carbocycles. The first-order valence-electron chi connectivity index (χ1n) is 6.27. The summed E-state index contributed by atoms with van der Waals surface area (Å²) in [6.07, 6.45) is 4.98. The van der Waals surface area contributed by atoms with Crippen molar-refractivity contribution >= 4 is 0 Å². The molecule has 0 amide bonds. The van der Waals surface area contributed by atoms with E-state index in [9.17, 15) is 0 Å². The summed E-state index contributed by atoms with van der Waals surface area (Å²) in [6.45, 7) is 4.88. The van der Waals surface area contributed by atoms with Gasteiger partial charge in [-0.3, -0.25) is 16.0 Å². The molecular weight excluding hydrogens is 216 g/mol. The normalized spacial score (nSPS) is 14.8. The van der Waals surface area contributed by atoms with Gasteiger partial charge < -0.3 is 4.74 Å². The van der Waals surface area contributed by atoms with Crippen LogP contribution in [0.2, 0.25) is 0 Å². The summed E-state index contributed by atoms with van der Waals surface area (Å²) in [5.74, 6) is 5.62. The Labute approximate surface area is 103 Å². The number of hydrogen-bond acceptors (Lipinski definition) is 4. The summed E-state index contributed by atoms with van der Waals surface area (Å²) in [5.41, 5.74) is 3.89. The fourth-order valence-corrected chi connectivity index (χ4v) is 1.99. The molecule has 3 N–H and O–H groups in total. The molecule has 2 unspecified atom stereocenters. The van der Waals surface area contributed by atoms with Crippen LogP contribution in [-0.4, -0.2) is 28.5 Å². The molecule has 0 aliphatic heterocycles. The molecule has 1 rings (SSSR count). The van der Waals surface area contributed by atoms with Crippen molar-refractivity contribution in [2.75, 3.05) is 6.61 Å². The van der Waals surface area contributed by atoms with Crippen molar-refractivity contribution in [1.29, 1.82) is 0 Å². The van der Waals surface area contributed by atoms with Gasteiger partial charge in [-0.25, -0.2) is 0 Å². The van der Waals surface area contributed by atoms with Gasteiger partial charge in [-0.15, -0.1) is 0 Å². The molecule has 1 aromatic rings. The van der Waals surface area contributed by atoms with Crippen LogP contribution in [0.25, 0.3) is 0 Å². The molecule has 0 fully saturated rings. The Hall–Kier alpha value is -0.910. The lowest BCUT2D eigenvalue weighted by Crippen LogP contribution is -2.46. The Balaban J connectivity index is 2.61. The molecule has 5 heteroatoms. The van der Waals surface area contributed by atoms with Crippen molar-refractivity contribution in [2.45, 2.75) is 45.3 Å². The van der Waals surface area contributed by atoms with Crippen LogP contribution < -0.4 is 11.3 Å². The van der Waals surface area contributed by atoms with Gasteiger partial charge in [0.25, 0.3) is 0 Å². The van der Waals surface area contributed by atoms with Gasteiger partial charge in [-0.1, -0.05) is 13.3 Å². The molecule has 0 aromatic carbocycles. The molecule has 0 spiro atoms. The van der Waals surface area contributed by atoms with Crippen molar-refractivity contribution in [1.82, 2.24) is 15.2 Å². The number of nitrogens with two attached hydrogens (primary N) is 1. The van der Waals surface area contributed by atoms with Gasteiger partial charge in [0.05, 0.1) is 17.8 Å². The van der Waals surface area contributed by atoms with Gasteiger partial charge in [-0.05, 0) is 19.4 Å². The lowest BCUT2D eigenvalue weighted by molar-refractivity contribution is 0.0279. The number of hydrazine groups is 1. The molecule has 0 radical (unpaired) electrons. The first kappa shape index (κ1) is 14.2. The maximum atomic E-state index is 5.74. The summed E-state index contributed by atoms with van der Waals surface area (Å²) >= 11 is 0. The van der Waals surface area contributed by atoms with E-state index in [1.54, 1.807) is 4.68 Å². The zero-order valence-electron chi connectivity index (χ0n) is 11.0. The second-order valence-corrected chi connectivity index (χ2v) is 4.24. The molecule has 0 saturated heterocycles. The first-order valence-corrected chi connectivity index (χ1v) is 6.27. The van der Waals surface area contributed by atoms with E-state index in [2.05, 4.69) is 17.4 Å². The van der Waals surface area contributed by atoms with Crippen LogP contribution in [0, 0.1) is 0 Å². The van der Waals surface area contributed by atoms with Gasteiger partial charge in [0.2, 0.25) is 0 Å². The summed E-state index contributed by atoms with van der Waals surface area (Å²) in [5, 5.41) is 4.37. The second-order valence-electron chi connectivity index (χ2n) is 4.24. The average molecular weight is 240 g/mol. The highest BCUT2D eigenvalue weighted by Gasteiger charge is 2.21. The van der Waals surface area contributed by atoms with E-state index in [4.69, 9.17) is 10.6 Å². The number of nitrogens with one attached hydrogen (secondary N) is 1. The fraction of sp³-hybridized carbons (Fsp3) is 0.750. The molecule has 2 atom stereocenters. The van der Waals surface area contributed by atoms with Gasteiger partial charge in [-0.2, -0.15) is 5.10 Å². The fourth-order valence-electron chi connectivity index (χ4n) is 1.99. The molecule has 98 valence electrons. The highest BCUT2D eigenvalue weighted by atomic mass is 16.5. The Morgan fingerprint density at radius 2 is 2.29 bits per heavy atom. The van der Waals surface area contributed by atoms with Crippen LogP contribution in [0.4, 0.5) is 0 Å². The molecule has 17 heavy (non-hydrogen) atoms. The predicted molar refractivity (Wildman–Crippen MR) is 68.3 cm³/mol. The Kier molecular flexibility index (Phi) is 6.18. The minimum atomic E-state index is 0.116. The lowest BCUT2D eigenvalue weighted by atomic mass is 10.0. The zero-order chi connectivity index (χ0) is 12.7. The predicted octanol–water partition coefficient (Wildman–Crippen LogP) is 1.000. The Morgan fingerprint density at radius 3 is 2.76 bits per heavy atom. The second kappa shape index (κ2) is 7.42. The standard InChI is InChI=1S/C12H24N4O/c1-4-6-12(17-5-2)11(14-13)9-10-7-8-16(3)15-10/h7-8,11-12,14H,4-6,9,13H2,1-3H3. The minimum Gasteiger partial charge on any atom is -0.377 e. The SMILES string of the molecule is CCCC(OCC)C(Cc1ccn(C)n1)NN. The maximum Gasteiger partial charge on any atom is 0.0745 e. The molecule has 0 aliphatic rings. The first-order chi connectivity index (χ1) is 8.21. The van der Waals surface area contributed by atoms with Gasteiger partial charge in [0.1, 0.15) is 0 Å². The van der Waals surface area contributed by atoms with Crippen molar-refractivity contribution in [3.8, 4) is 0 Å². The Bertz CT molecular complexity index is 307. The van der Waals surface area contributed by atoms with E-state index < -0.39 is 0 Å². The number of nitrogens with zero attached hydrogens (tertiary/aromatic N) is 2. The molecule has 1 aromatic heterocycles. The number of aromatic nitrogens is 2. The molecule has 0 saturated carbocycles. The van der Waals surface area contributed by atoms with E-state index in [-0.39, 0.29) is 12.1 Å². The van der Waals surface area contributed by atoms with Gasteiger partial charge in [0.15, 0.2) is 0 Å². The highest BCUT2D eigenvalue weighted by molar-refractivity contribution is 5.02. The van der Waals surface area contributed by atoms with Crippen molar-refractivity contribution in [2.24, 2.45) is 12.9 Å². The summed E-state index contributed by atoms with van der Waals surface area (Å²) in [6, 6.07) is 2.13. The molecule has 0 bridgehead atoms. The number of ether oxygens (including phenoxy) is 1. The number of hydrogen-bond donors (Lipinski definition) is 2. The van der Waals surface area contributed by atoms with Crippen LogP contribution in [0.15, 0.2) is 12.3 Å². The lowest BCUT2D eigenvalue weighted by Gasteiger charge is -2.25. The summed E-state index contributed by atoms with van der Waals surface area (Å²) < 4.78 is 7.54. The van der Waals surface area contributed by atoms with E-state index in [0.717, 1.165) is 25.0 Å². The van der Waals surface area contributed by atoms with E-state index in [1.165, 1.54) is 0 Å². The Morgan fingerprint density at radius 1 is 1.53 bits per heavy atom. The van der Waals surface area contributed by atoms with Crippen LogP contribution in [-0.2, 0) is 18.2 Å². The summed E-state index contributed by atoms with van der Waals surface area (Å²) in [7, 11) is 1.92. The highest BCUT2D eigenvalue weighted by Crippen LogP contribution is 2.11. The molecule has 5 nitrogen and oxygen atoms in total. The summed E-state index contributed by atoms with van der Waals surface area (Å²) in [4.78, 5) is 0. The third-order valence-corrected chi connectivity index (χ3v) is 2.81. The largest absolute Gasteiger partial charge is 0.377 e. The van der Waals surface area contributed by atoms with Crippen LogP contribution >= 0.6 is 0 Å². The third-order valence-electron chi connectivity index (χ3n) is 2.81. The van der Waals surface area contributed by atoms with Crippen molar-refractivity contribution < 1.29 is 4.74 Å². The average Bonchev–Trinajstić information content (AvgIpc) is 2.72. The van der Waals surface area contributed by atoms with Gasteiger partial charge >= 0.3 is 0 Å².